The Kier molecular flexibility index (Phi) is 4.32. The molecule has 0 spiro atoms. The molecule has 4 aromatic rings. The zero-order chi connectivity index (χ0) is 19.8. The summed E-state index contributed by atoms with van der Waals surface area (Å²) in [6, 6.07) is 26.1. The van der Waals surface area contributed by atoms with E-state index < -0.39 is 5.97 Å². The number of fused-ring (bicyclic) bond motifs is 2. The summed E-state index contributed by atoms with van der Waals surface area (Å²) in [5, 5.41) is 10.7. The number of carboxylic acids is 1. The molecule has 4 heteroatoms. The van der Waals surface area contributed by atoms with Gasteiger partial charge in [0.1, 0.15) is 18.1 Å². The van der Waals surface area contributed by atoms with Crippen molar-refractivity contribution in [3.8, 4) is 5.75 Å². The van der Waals surface area contributed by atoms with Gasteiger partial charge in [0.15, 0.2) is 0 Å². The molecule has 0 unspecified atom stereocenters. The van der Waals surface area contributed by atoms with Gasteiger partial charge in [-0.1, -0.05) is 54.6 Å². The Labute approximate surface area is 169 Å². The van der Waals surface area contributed by atoms with E-state index in [1.54, 1.807) is 6.07 Å². The highest BCUT2D eigenvalue weighted by atomic mass is 16.5. The first-order valence-corrected chi connectivity index (χ1v) is 9.81. The van der Waals surface area contributed by atoms with E-state index in [0.717, 1.165) is 35.1 Å². The first-order valence-electron chi connectivity index (χ1n) is 9.81. The van der Waals surface area contributed by atoms with Gasteiger partial charge < -0.3 is 14.4 Å². The number of carbonyl (C=O) groups is 1. The minimum Gasteiger partial charge on any atom is -0.489 e. The molecule has 1 heterocycles. The van der Waals surface area contributed by atoms with Gasteiger partial charge in [-0.2, -0.15) is 0 Å². The van der Waals surface area contributed by atoms with E-state index in [2.05, 4.69) is 12.1 Å². The number of nitrogens with zero attached hydrogens (tertiary/aromatic N) is 1. The van der Waals surface area contributed by atoms with Crippen LogP contribution in [0.5, 0.6) is 5.75 Å². The van der Waals surface area contributed by atoms with Crippen LogP contribution in [-0.2, 0) is 19.4 Å². The number of benzene rings is 3. The summed E-state index contributed by atoms with van der Waals surface area (Å²) in [5.41, 5.74) is 4.97. The molecule has 1 aliphatic rings. The summed E-state index contributed by atoms with van der Waals surface area (Å²) in [4.78, 5) is 12.0. The van der Waals surface area contributed by atoms with Crippen LogP contribution >= 0.6 is 0 Å². The minimum atomic E-state index is -0.899. The van der Waals surface area contributed by atoms with E-state index in [-0.39, 0.29) is 6.04 Å². The van der Waals surface area contributed by atoms with Gasteiger partial charge in [-0.3, -0.25) is 0 Å². The van der Waals surface area contributed by atoms with Crippen molar-refractivity contribution in [2.75, 3.05) is 0 Å². The molecule has 4 nitrogen and oxygen atoms in total. The van der Waals surface area contributed by atoms with Crippen LogP contribution in [0.3, 0.4) is 0 Å². The third-order valence-corrected chi connectivity index (χ3v) is 5.67. The lowest BCUT2D eigenvalue weighted by Crippen LogP contribution is -2.15. The molecule has 0 aliphatic heterocycles. The normalized spacial score (nSPS) is 13.5. The van der Waals surface area contributed by atoms with Crippen molar-refractivity contribution in [2.45, 2.75) is 25.5 Å². The van der Waals surface area contributed by atoms with Crippen molar-refractivity contribution in [2.24, 2.45) is 0 Å². The molecule has 0 radical (unpaired) electrons. The molecule has 29 heavy (non-hydrogen) atoms. The fourth-order valence-corrected chi connectivity index (χ4v) is 4.32. The molecule has 0 saturated carbocycles. The van der Waals surface area contributed by atoms with Gasteiger partial charge in [0, 0.05) is 16.9 Å². The van der Waals surface area contributed by atoms with Crippen molar-refractivity contribution in [1.29, 1.82) is 0 Å². The van der Waals surface area contributed by atoms with Crippen LogP contribution in [0.25, 0.3) is 10.9 Å². The summed E-state index contributed by atoms with van der Waals surface area (Å²) < 4.78 is 7.91. The second-order valence-corrected chi connectivity index (χ2v) is 7.53. The molecule has 1 N–H and O–H groups in total. The lowest BCUT2D eigenvalue weighted by atomic mass is 10.1. The standard InChI is InChI=1S/C25H21NO3/c27-25(28)24-15-20-14-22(29-16-17-6-2-1-3-7-17)10-11-23(20)26(24)21-12-18-8-4-5-9-19(18)13-21/h1-11,14-15,21H,12-13,16H2,(H,27,28). The van der Waals surface area contributed by atoms with Crippen LogP contribution in [-0.4, -0.2) is 15.6 Å². The molecular formula is C25H21NO3. The van der Waals surface area contributed by atoms with E-state index >= 15 is 0 Å². The molecule has 0 saturated heterocycles. The topological polar surface area (TPSA) is 51.5 Å². The number of rotatable bonds is 5. The molecule has 144 valence electrons. The largest absolute Gasteiger partial charge is 0.489 e. The van der Waals surface area contributed by atoms with Gasteiger partial charge in [0.25, 0.3) is 0 Å². The van der Waals surface area contributed by atoms with Crippen LogP contribution < -0.4 is 4.74 Å². The number of ether oxygens (including phenoxy) is 1. The monoisotopic (exact) mass is 383 g/mol. The third-order valence-electron chi connectivity index (χ3n) is 5.67. The molecule has 0 atom stereocenters. The highest BCUT2D eigenvalue weighted by molar-refractivity contribution is 5.95. The van der Waals surface area contributed by atoms with Crippen LogP contribution in [0.15, 0.2) is 78.9 Å². The zero-order valence-corrected chi connectivity index (χ0v) is 15.9. The van der Waals surface area contributed by atoms with E-state index in [9.17, 15) is 9.90 Å². The average molecular weight is 383 g/mol. The number of hydrogen-bond donors (Lipinski definition) is 1. The second-order valence-electron chi connectivity index (χ2n) is 7.53. The Hall–Kier alpha value is -3.53. The van der Waals surface area contributed by atoms with Gasteiger partial charge in [0.05, 0.1) is 0 Å². The SMILES string of the molecule is O=C(O)c1cc2cc(OCc3ccccc3)ccc2n1C1Cc2ccccc2C1. The average Bonchev–Trinajstić information content (AvgIpc) is 3.33. The van der Waals surface area contributed by atoms with E-state index in [1.165, 1.54) is 11.1 Å². The number of carboxylic acid groups (broad SMARTS) is 1. The predicted molar refractivity (Wildman–Crippen MR) is 113 cm³/mol. The van der Waals surface area contributed by atoms with E-state index in [0.29, 0.717) is 12.3 Å². The number of aromatic carboxylic acids is 1. The van der Waals surface area contributed by atoms with Crippen LogP contribution in [0, 0.1) is 0 Å². The smallest absolute Gasteiger partial charge is 0.352 e. The van der Waals surface area contributed by atoms with Crippen molar-refractivity contribution < 1.29 is 14.6 Å². The van der Waals surface area contributed by atoms with Crippen molar-refractivity contribution in [3.63, 3.8) is 0 Å². The summed E-state index contributed by atoms with van der Waals surface area (Å²) in [5.74, 6) is -0.158. The Morgan fingerprint density at radius 3 is 2.31 bits per heavy atom. The van der Waals surface area contributed by atoms with Crippen molar-refractivity contribution >= 4 is 16.9 Å². The molecule has 5 rings (SSSR count). The number of hydrogen-bond acceptors (Lipinski definition) is 2. The van der Waals surface area contributed by atoms with Gasteiger partial charge in [-0.25, -0.2) is 4.79 Å². The first kappa shape index (κ1) is 17.6. The maximum atomic E-state index is 12.0. The minimum absolute atomic E-state index is 0.118. The Morgan fingerprint density at radius 2 is 1.62 bits per heavy atom. The van der Waals surface area contributed by atoms with E-state index in [4.69, 9.17) is 4.74 Å². The maximum Gasteiger partial charge on any atom is 0.352 e. The lowest BCUT2D eigenvalue weighted by molar-refractivity contribution is 0.0683. The summed E-state index contributed by atoms with van der Waals surface area (Å²) in [6.07, 6.45) is 1.71. The number of aromatic nitrogens is 1. The summed E-state index contributed by atoms with van der Waals surface area (Å²) in [6.45, 7) is 0.483. The quantitative estimate of drug-likeness (QED) is 0.511. The molecule has 3 aromatic carbocycles. The molecule has 1 aromatic heterocycles. The van der Waals surface area contributed by atoms with Crippen LogP contribution in [0.2, 0.25) is 0 Å². The predicted octanol–water partition coefficient (Wildman–Crippen LogP) is 5.26. The van der Waals surface area contributed by atoms with Gasteiger partial charge in [0.2, 0.25) is 0 Å². The molecular weight excluding hydrogens is 362 g/mol. The second kappa shape index (κ2) is 7.13. The first-order chi connectivity index (χ1) is 14.2. The van der Waals surface area contributed by atoms with Crippen molar-refractivity contribution in [1.82, 2.24) is 4.57 Å². The Bertz CT molecular complexity index is 1170. The third kappa shape index (κ3) is 3.27. The Balaban J connectivity index is 1.48. The highest BCUT2D eigenvalue weighted by Gasteiger charge is 2.27. The summed E-state index contributed by atoms with van der Waals surface area (Å²) in [7, 11) is 0. The van der Waals surface area contributed by atoms with E-state index in [1.807, 2.05) is 65.2 Å². The molecule has 0 amide bonds. The molecule has 0 fully saturated rings. The van der Waals surface area contributed by atoms with Crippen molar-refractivity contribution in [3.05, 3.63) is 101 Å². The summed E-state index contributed by atoms with van der Waals surface area (Å²) >= 11 is 0. The Morgan fingerprint density at radius 1 is 0.931 bits per heavy atom. The van der Waals surface area contributed by atoms with Gasteiger partial charge in [-0.15, -0.1) is 0 Å². The highest BCUT2D eigenvalue weighted by Crippen LogP contribution is 2.35. The lowest BCUT2D eigenvalue weighted by Gasteiger charge is -2.16. The van der Waals surface area contributed by atoms with Crippen LogP contribution in [0.4, 0.5) is 0 Å². The zero-order valence-electron chi connectivity index (χ0n) is 15.9. The maximum absolute atomic E-state index is 12.0. The van der Waals surface area contributed by atoms with Gasteiger partial charge >= 0.3 is 5.97 Å². The molecule has 0 bridgehead atoms. The molecule has 1 aliphatic carbocycles. The van der Waals surface area contributed by atoms with Gasteiger partial charge in [-0.05, 0) is 53.8 Å². The van der Waals surface area contributed by atoms with Crippen LogP contribution in [0.1, 0.15) is 33.2 Å². The fourth-order valence-electron chi connectivity index (χ4n) is 4.32. The fraction of sp³-hybridized carbons (Fsp3) is 0.160.